The largest absolute Gasteiger partial charge is 0.469 e. The Kier molecular flexibility index (Phi) is 5.32. The number of esters is 1. The topological polar surface area (TPSA) is 81.4 Å². The molecule has 0 saturated heterocycles. The number of amides is 1. The van der Waals surface area contributed by atoms with Crippen LogP contribution in [0.1, 0.15) is 18.5 Å². The summed E-state index contributed by atoms with van der Waals surface area (Å²) in [7, 11) is 1.34. The van der Waals surface area contributed by atoms with Crippen LogP contribution in [-0.4, -0.2) is 25.5 Å². The number of primary amides is 1. The molecule has 0 unspecified atom stereocenters. The SMILES string of the molecule is COC(=O)[C@H](C)[C@@H](NCC(N)=O)c1ccccc1. The molecule has 1 rings (SSSR count). The second-order valence-corrected chi connectivity index (χ2v) is 4.05. The van der Waals surface area contributed by atoms with Crippen LogP contribution in [0.2, 0.25) is 0 Å². The summed E-state index contributed by atoms with van der Waals surface area (Å²) < 4.78 is 4.73. The molecule has 0 aliphatic rings. The van der Waals surface area contributed by atoms with Crippen LogP contribution >= 0.6 is 0 Å². The Bertz CT molecular complexity index is 406. The number of nitrogens with one attached hydrogen (secondary N) is 1. The predicted octanol–water partition coefficient (Wildman–Crippen LogP) is 0.612. The van der Waals surface area contributed by atoms with E-state index in [1.807, 2.05) is 30.3 Å². The van der Waals surface area contributed by atoms with Gasteiger partial charge in [0.15, 0.2) is 0 Å². The van der Waals surface area contributed by atoms with E-state index in [4.69, 9.17) is 10.5 Å². The highest BCUT2D eigenvalue weighted by atomic mass is 16.5. The van der Waals surface area contributed by atoms with Gasteiger partial charge in [0, 0.05) is 6.04 Å². The highest BCUT2D eigenvalue weighted by Gasteiger charge is 2.26. The summed E-state index contributed by atoms with van der Waals surface area (Å²) >= 11 is 0. The average molecular weight is 250 g/mol. The fourth-order valence-electron chi connectivity index (χ4n) is 1.78. The number of hydrogen-bond donors (Lipinski definition) is 2. The van der Waals surface area contributed by atoms with Crippen molar-refractivity contribution in [3.8, 4) is 0 Å². The predicted molar refractivity (Wildman–Crippen MR) is 67.6 cm³/mol. The molecule has 0 spiro atoms. The molecule has 0 bridgehead atoms. The molecule has 0 fully saturated rings. The molecule has 1 aromatic carbocycles. The lowest BCUT2D eigenvalue weighted by Gasteiger charge is -2.23. The minimum atomic E-state index is -0.465. The minimum absolute atomic E-state index is 0.0148. The van der Waals surface area contributed by atoms with Crippen LogP contribution < -0.4 is 11.1 Å². The molecule has 1 aromatic rings. The van der Waals surface area contributed by atoms with Gasteiger partial charge in [-0.2, -0.15) is 0 Å². The van der Waals surface area contributed by atoms with Gasteiger partial charge >= 0.3 is 5.97 Å². The van der Waals surface area contributed by atoms with Gasteiger partial charge < -0.3 is 15.8 Å². The van der Waals surface area contributed by atoms with Crippen molar-refractivity contribution < 1.29 is 14.3 Å². The van der Waals surface area contributed by atoms with E-state index in [2.05, 4.69) is 5.32 Å². The van der Waals surface area contributed by atoms with Gasteiger partial charge in [-0.15, -0.1) is 0 Å². The lowest BCUT2D eigenvalue weighted by molar-refractivity contribution is -0.146. The molecular weight excluding hydrogens is 232 g/mol. The summed E-state index contributed by atoms with van der Waals surface area (Å²) in [5, 5.41) is 2.98. The molecule has 2 atom stereocenters. The molecule has 3 N–H and O–H groups in total. The lowest BCUT2D eigenvalue weighted by atomic mass is 9.94. The van der Waals surface area contributed by atoms with Crippen LogP contribution in [0.4, 0.5) is 0 Å². The van der Waals surface area contributed by atoms with Gasteiger partial charge in [-0.3, -0.25) is 9.59 Å². The molecule has 0 aliphatic heterocycles. The summed E-state index contributed by atoms with van der Waals surface area (Å²) in [5.74, 6) is -1.20. The Morgan fingerprint density at radius 3 is 2.44 bits per heavy atom. The van der Waals surface area contributed by atoms with Crippen LogP contribution in [0.15, 0.2) is 30.3 Å². The van der Waals surface area contributed by atoms with Crippen LogP contribution in [0.5, 0.6) is 0 Å². The molecule has 0 saturated carbocycles. The highest BCUT2D eigenvalue weighted by molar-refractivity contribution is 5.76. The van der Waals surface area contributed by atoms with Crippen molar-refractivity contribution in [2.45, 2.75) is 13.0 Å². The van der Waals surface area contributed by atoms with Gasteiger partial charge in [-0.05, 0) is 5.56 Å². The van der Waals surface area contributed by atoms with Crippen molar-refractivity contribution in [1.29, 1.82) is 0 Å². The van der Waals surface area contributed by atoms with Gasteiger partial charge in [0.1, 0.15) is 0 Å². The molecule has 5 nitrogen and oxygen atoms in total. The average Bonchev–Trinajstić information content (AvgIpc) is 2.38. The lowest BCUT2D eigenvalue weighted by Crippen LogP contribution is -2.37. The van der Waals surface area contributed by atoms with Crippen LogP contribution in [-0.2, 0) is 14.3 Å². The van der Waals surface area contributed by atoms with E-state index in [0.717, 1.165) is 5.56 Å². The third kappa shape index (κ3) is 3.85. The van der Waals surface area contributed by atoms with E-state index >= 15 is 0 Å². The Hall–Kier alpha value is -1.88. The van der Waals surface area contributed by atoms with Crippen molar-refractivity contribution in [2.75, 3.05) is 13.7 Å². The van der Waals surface area contributed by atoms with Gasteiger partial charge in [0.25, 0.3) is 0 Å². The zero-order chi connectivity index (χ0) is 13.5. The van der Waals surface area contributed by atoms with Crippen molar-refractivity contribution in [3.05, 3.63) is 35.9 Å². The fourth-order valence-corrected chi connectivity index (χ4v) is 1.78. The Balaban J connectivity index is 2.88. The molecule has 0 aromatic heterocycles. The Morgan fingerprint density at radius 2 is 1.94 bits per heavy atom. The second kappa shape index (κ2) is 6.76. The fraction of sp³-hybridized carbons (Fsp3) is 0.385. The van der Waals surface area contributed by atoms with E-state index in [-0.39, 0.29) is 18.6 Å². The van der Waals surface area contributed by atoms with E-state index < -0.39 is 11.8 Å². The van der Waals surface area contributed by atoms with E-state index in [1.165, 1.54) is 7.11 Å². The van der Waals surface area contributed by atoms with Crippen molar-refractivity contribution in [1.82, 2.24) is 5.32 Å². The molecule has 5 heteroatoms. The Labute approximate surface area is 106 Å². The zero-order valence-electron chi connectivity index (χ0n) is 10.6. The zero-order valence-corrected chi connectivity index (χ0v) is 10.6. The van der Waals surface area contributed by atoms with E-state index in [0.29, 0.717) is 0 Å². The van der Waals surface area contributed by atoms with Crippen LogP contribution in [0, 0.1) is 5.92 Å². The molecule has 0 radical (unpaired) electrons. The van der Waals surface area contributed by atoms with Gasteiger partial charge in [-0.1, -0.05) is 37.3 Å². The third-order valence-corrected chi connectivity index (χ3v) is 2.73. The van der Waals surface area contributed by atoms with Crippen LogP contribution in [0.25, 0.3) is 0 Å². The summed E-state index contributed by atoms with van der Waals surface area (Å²) in [6.07, 6.45) is 0. The number of methoxy groups -OCH3 is 1. The van der Waals surface area contributed by atoms with Crippen molar-refractivity contribution in [3.63, 3.8) is 0 Å². The number of carbonyl (C=O) groups is 2. The quantitative estimate of drug-likeness (QED) is 0.725. The first-order valence-electron chi connectivity index (χ1n) is 5.70. The molecular formula is C13H18N2O3. The smallest absolute Gasteiger partial charge is 0.310 e. The second-order valence-electron chi connectivity index (χ2n) is 4.05. The number of rotatable bonds is 6. The van der Waals surface area contributed by atoms with Crippen LogP contribution in [0.3, 0.4) is 0 Å². The molecule has 0 heterocycles. The van der Waals surface area contributed by atoms with Gasteiger partial charge in [0.2, 0.25) is 5.91 Å². The molecule has 0 aliphatic carbocycles. The maximum atomic E-state index is 11.6. The van der Waals surface area contributed by atoms with E-state index in [1.54, 1.807) is 6.92 Å². The first-order valence-corrected chi connectivity index (χ1v) is 5.70. The van der Waals surface area contributed by atoms with Crippen molar-refractivity contribution in [2.24, 2.45) is 11.7 Å². The maximum Gasteiger partial charge on any atom is 0.310 e. The first kappa shape index (κ1) is 14.2. The third-order valence-electron chi connectivity index (χ3n) is 2.73. The summed E-state index contributed by atoms with van der Waals surface area (Å²) in [6.45, 7) is 1.76. The molecule has 18 heavy (non-hydrogen) atoms. The molecule has 1 amide bonds. The van der Waals surface area contributed by atoms with E-state index in [9.17, 15) is 9.59 Å². The van der Waals surface area contributed by atoms with Crippen molar-refractivity contribution >= 4 is 11.9 Å². The first-order chi connectivity index (χ1) is 8.56. The van der Waals surface area contributed by atoms with Gasteiger partial charge in [0.05, 0.1) is 19.6 Å². The number of benzene rings is 1. The number of carbonyl (C=O) groups excluding carboxylic acids is 2. The number of nitrogens with two attached hydrogens (primary N) is 1. The monoisotopic (exact) mass is 250 g/mol. The normalized spacial score (nSPS) is 13.7. The number of hydrogen-bond acceptors (Lipinski definition) is 4. The summed E-state index contributed by atoms with van der Waals surface area (Å²) in [6, 6.07) is 9.11. The highest BCUT2D eigenvalue weighted by Crippen LogP contribution is 2.22. The Morgan fingerprint density at radius 1 is 1.33 bits per heavy atom. The van der Waals surface area contributed by atoms with Gasteiger partial charge in [-0.25, -0.2) is 0 Å². The standard InChI is InChI=1S/C13H18N2O3/c1-9(13(17)18-2)12(15-8-11(14)16)10-6-4-3-5-7-10/h3-7,9,12,15H,8H2,1-2H3,(H2,14,16)/t9-,12-/m1/s1. The summed E-state index contributed by atoms with van der Waals surface area (Å²) in [5.41, 5.74) is 6.02. The number of ether oxygens (including phenoxy) is 1. The molecule has 98 valence electrons. The summed E-state index contributed by atoms with van der Waals surface area (Å²) in [4.78, 5) is 22.4. The minimum Gasteiger partial charge on any atom is -0.469 e. The maximum absolute atomic E-state index is 11.6.